The predicted octanol–water partition coefficient (Wildman–Crippen LogP) is 13.9. The third kappa shape index (κ3) is 41.6. The Balaban J connectivity index is 4.41. The molecule has 0 aromatic carbocycles. The van der Waals surface area contributed by atoms with Crippen molar-refractivity contribution in [3.05, 3.63) is 97.2 Å². The largest absolute Gasteiger partial charge is 0.477 e. The van der Waals surface area contributed by atoms with E-state index in [2.05, 4.69) is 111 Å². The van der Waals surface area contributed by atoms with Gasteiger partial charge in [0.25, 0.3) is 0 Å². The van der Waals surface area contributed by atoms with Crippen LogP contribution in [0.3, 0.4) is 0 Å². The second-order valence-electron chi connectivity index (χ2n) is 17.0. The molecule has 0 aromatic rings. The number of likely N-dealkylation sites (N-methyl/N-ethyl adjacent to an activating group) is 1. The summed E-state index contributed by atoms with van der Waals surface area (Å²) in [6, 6.07) is -0.631. The zero-order valence-electron chi connectivity index (χ0n) is 40.0. The van der Waals surface area contributed by atoms with Crippen molar-refractivity contribution >= 4 is 17.9 Å². The van der Waals surface area contributed by atoms with E-state index in [0.29, 0.717) is 12.8 Å². The van der Waals surface area contributed by atoms with Crippen LogP contribution in [0.15, 0.2) is 97.2 Å². The Kier molecular flexibility index (Phi) is 41.2. The van der Waals surface area contributed by atoms with E-state index in [-0.39, 0.29) is 42.7 Å². The lowest BCUT2D eigenvalue weighted by Gasteiger charge is -2.31. The first-order valence-electron chi connectivity index (χ1n) is 24.3. The Bertz CT molecular complexity index is 1330. The molecule has 0 aromatic heterocycles. The normalized spacial score (nSPS) is 13.8. The lowest BCUT2D eigenvalue weighted by Crippen LogP contribution is -2.50. The van der Waals surface area contributed by atoms with Gasteiger partial charge in [0.05, 0.1) is 34.4 Å². The van der Waals surface area contributed by atoms with Crippen molar-refractivity contribution in [3.8, 4) is 0 Å². The summed E-state index contributed by atoms with van der Waals surface area (Å²) >= 11 is 0. The molecule has 8 heteroatoms. The number of carbonyl (C=O) groups is 3. The molecule has 1 N–H and O–H groups in total. The van der Waals surface area contributed by atoms with Gasteiger partial charge in [0, 0.05) is 19.3 Å². The number of hydrogen-bond donors (Lipinski definition) is 1. The lowest BCUT2D eigenvalue weighted by atomic mass is 10.1. The lowest BCUT2D eigenvalue weighted by molar-refractivity contribution is -0.887. The van der Waals surface area contributed by atoms with Gasteiger partial charge in [0.1, 0.15) is 6.61 Å². The molecule has 0 fully saturated rings. The number of carboxylic acid groups (broad SMARTS) is 1. The molecule has 352 valence electrons. The molecule has 0 spiro atoms. The Morgan fingerprint density at radius 1 is 0.516 bits per heavy atom. The second-order valence-corrected chi connectivity index (χ2v) is 17.0. The van der Waals surface area contributed by atoms with Crippen LogP contribution >= 0.6 is 0 Å². The van der Waals surface area contributed by atoms with Gasteiger partial charge in [-0.25, -0.2) is 4.79 Å². The number of carbonyl (C=O) groups excluding carboxylic acids is 2. The number of rotatable bonds is 42. The molecule has 0 bridgehead atoms. The van der Waals surface area contributed by atoms with Gasteiger partial charge in [-0.15, -0.1) is 0 Å². The van der Waals surface area contributed by atoms with Crippen LogP contribution in [-0.4, -0.2) is 80.6 Å². The summed E-state index contributed by atoms with van der Waals surface area (Å²) in [5, 5.41) is 9.64. The van der Waals surface area contributed by atoms with Crippen molar-refractivity contribution in [2.24, 2.45) is 0 Å². The van der Waals surface area contributed by atoms with Gasteiger partial charge < -0.3 is 23.8 Å². The quantitative estimate of drug-likeness (QED) is 0.0214. The van der Waals surface area contributed by atoms with Crippen LogP contribution in [0.2, 0.25) is 0 Å². The van der Waals surface area contributed by atoms with Gasteiger partial charge in [-0.2, -0.15) is 0 Å². The average molecular weight is 865 g/mol. The minimum Gasteiger partial charge on any atom is -0.477 e. The number of ether oxygens (including phenoxy) is 3. The maximum Gasteiger partial charge on any atom is 0.362 e. The van der Waals surface area contributed by atoms with Crippen molar-refractivity contribution in [3.63, 3.8) is 0 Å². The Morgan fingerprint density at radius 2 is 0.952 bits per heavy atom. The first kappa shape index (κ1) is 58.2. The molecule has 8 nitrogen and oxygen atoms in total. The highest BCUT2D eigenvalue weighted by atomic mass is 16.6. The molecule has 62 heavy (non-hydrogen) atoms. The highest BCUT2D eigenvalue weighted by Gasteiger charge is 2.31. The van der Waals surface area contributed by atoms with Crippen molar-refractivity contribution < 1.29 is 38.2 Å². The fourth-order valence-corrected chi connectivity index (χ4v) is 6.50. The van der Waals surface area contributed by atoms with E-state index in [4.69, 9.17) is 14.2 Å². The van der Waals surface area contributed by atoms with E-state index in [1.807, 2.05) is 21.1 Å². The van der Waals surface area contributed by atoms with E-state index in [0.717, 1.165) is 96.3 Å². The first-order valence-corrected chi connectivity index (χ1v) is 24.3. The van der Waals surface area contributed by atoms with Gasteiger partial charge in [-0.05, 0) is 89.9 Å². The molecule has 0 radical (unpaired) electrons. The molecule has 0 heterocycles. The maximum absolute atomic E-state index is 12.7. The molecule has 0 aliphatic heterocycles. The average Bonchev–Trinajstić information content (AvgIpc) is 3.23. The number of unbranched alkanes of at least 4 members (excludes halogenated alkanes) is 13. The van der Waals surface area contributed by atoms with Gasteiger partial charge in [0.15, 0.2) is 12.1 Å². The zero-order valence-corrected chi connectivity index (χ0v) is 40.0. The first-order chi connectivity index (χ1) is 30.1. The molecule has 0 saturated heterocycles. The molecule has 2 unspecified atom stereocenters. The van der Waals surface area contributed by atoms with E-state index in [1.165, 1.54) is 44.9 Å². The molecular weight excluding hydrogens is 775 g/mol. The summed E-state index contributed by atoms with van der Waals surface area (Å²) in [4.78, 5) is 37.1. The molecule has 0 rings (SSSR count). The van der Waals surface area contributed by atoms with Crippen molar-refractivity contribution in [1.82, 2.24) is 0 Å². The van der Waals surface area contributed by atoms with Crippen LogP contribution in [-0.2, 0) is 28.6 Å². The fraction of sp³-hybridized carbons (Fsp3) is 0.648. The number of carboxylic acids is 1. The van der Waals surface area contributed by atoms with Crippen LogP contribution in [0.1, 0.15) is 174 Å². The Morgan fingerprint density at radius 3 is 1.44 bits per heavy atom. The molecule has 2 atom stereocenters. The minimum atomic E-state index is -0.888. The van der Waals surface area contributed by atoms with Gasteiger partial charge in [-0.1, -0.05) is 162 Å². The molecular formula is C54H90NO7+. The van der Waals surface area contributed by atoms with Crippen LogP contribution in [0, 0.1) is 0 Å². The van der Waals surface area contributed by atoms with E-state index in [1.54, 1.807) is 0 Å². The van der Waals surface area contributed by atoms with Crippen LogP contribution < -0.4 is 0 Å². The van der Waals surface area contributed by atoms with Crippen LogP contribution in [0.25, 0.3) is 0 Å². The number of quaternary nitrogens is 1. The standard InChI is InChI=1S/C54H89NO7/c1-6-8-10-12-14-16-18-20-22-24-25-26-27-28-29-31-32-34-36-38-40-42-44-52(56)61-49-50(48-60-47-46-51(54(58)59)55(3,4)5)62-53(57)45-43-41-39-37-35-33-30-23-21-19-17-15-13-11-9-7-2/h8,10,14,16,20,22-23,25-26,28-30,32-35,50-51H,6-7,9,11-13,15,17-19,21,24,27,31,36-49H2,1-5H3/p+1/b10-8+,16-14+,22-20+,26-25+,29-28+,30-23+,34-32+,35-33+. The molecule has 0 aliphatic carbocycles. The monoisotopic (exact) mass is 865 g/mol. The summed E-state index contributed by atoms with van der Waals surface area (Å²) in [6.07, 6.45) is 58.8. The summed E-state index contributed by atoms with van der Waals surface area (Å²) < 4.78 is 17.3. The van der Waals surface area contributed by atoms with Crippen LogP contribution in [0.4, 0.5) is 0 Å². The van der Waals surface area contributed by atoms with Crippen molar-refractivity contribution in [1.29, 1.82) is 0 Å². The topological polar surface area (TPSA) is 99.1 Å². The number of esters is 2. The minimum absolute atomic E-state index is 0.0335. The zero-order chi connectivity index (χ0) is 45.6. The van der Waals surface area contributed by atoms with E-state index in [9.17, 15) is 19.5 Å². The van der Waals surface area contributed by atoms with E-state index >= 15 is 0 Å². The van der Waals surface area contributed by atoms with Gasteiger partial charge in [-0.3, -0.25) is 9.59 Å². The third-order valence-corrected chi connectivity index (χ3v) is 10.2. The van der Waals surface area contributed by atoms with E-state index < -0.39 is 18.1 Å². The summed E-state index contributed by atoms with van der Waals surface area (Å²) in [6.45, 7) is 4.54. The fourth-order valence-electron chi connectivity index (χ4n) is 6.50. The molecule has 0 aliphatic rings. The maximum atomic E-state index is 12.7. The summed E-state index contributed by atoms with van der Waals surface area (Å²) in [7, 11) is 5.50. The molecule has 0 saturated carbocycles. The van der Waals surface area contributed by atoms with Crippen LogP contribution in [0.5, 0.6) is 0 Å². The van der Waals surface area contributed by atoms with Crippen molar-refractivity contribution in [2.45, 2.75) is 187 Å². The third-order valence-electron chi connectivity index (χ3n) is 10.2. The van der Waals surface area contributed by atoms with Gasteiger partial charge >= 0.3 is 17.9 Å². The number of hydrogen-bond acceptors (Lipinski definition) is 6. The SMILES string of the molecule is CC/C=C/C/C=C/C/C=C/C/C=C/C/C=C/C/C=C/CCCCCC(=O)OCC(COCCC(C(=O)O)[N+](C)(C)C)OC(=O)CCCCC/C=C/C=C/CCCCCCCCC. The number of allylic oxidation sites excluding steroid dienone is 16. The highest BCUT2D eigenvalue weighted by molar-refractivity contribution is 5.72. The number of aliphatic carboxylic acids is 1. The van der Waals surface area contributed by atoms with Crippen molar-refractivity contribution in [2.75, 3.05) is 41.0 Å². The predicted molar refractivity (Wildman–Crippen MR) is 261 cm³/mol. The smallest absolute Gasteiger partial charge is 0.362 e. The molecule has 0 amide bonds. The van der Waals surface area contributed by atoms with Gasteiger partial charge in [0.2, 0.25) is 0 Å². The number of nitrogens with zero attached hydrogens (tertiary/aromatic N) is 1. The second kappa shape index (κ2) is 43.9. The Hall–Kier alpha value is -3.75. The highest BCUT2D eigenvalue weighted by Crippen LogP contribution is 2.12. The Labute approximate surface area is 379 Å². The summed E-state index contributed by atoms with van der Waals surface area (Å²) in [5.41, 5.74) is 0. The summed E-state index contributed by atoms with van der Waals surface area (Å²) in [5.74, 6) is -1.56.